The van der Waals surface area contributed by atoms with Crippen LogP contribution in [0.1, 0.15) is 37.8 Å². The van der Waals surface area contributed by atoms with Crippen molar-refractivity contribution in [1.82, 2.24) is 19.9 Å². The summed E-state index contributed by atoms with van der Waals surface area (Å²) in [6.07, 6.45) is 7.30. The van der Waals surface area contributed by atoms with E-state index in [4.69, 9.17) is 22.2 Å². The van der Waals surface area contributed by atoms with E-state index in [9.17, 15) is 0 Å². The molecule has 4 rings (SSSR count). The fourth-order valence-corrected chi connectivity index (χ4v) is 4.54. The molecule has 1 aliphatic heterocycles. The zero-order chi connectivity index (χ0) is 21.1. The molecule has 0 atom stereocenters. The van der Waals surface area contributed by atoms with Gasteiger partial charge in [-0.1, -0.05) is 19.3 Å². The Morgan fingerprint density at radius 3 is 2.40 bits per heavy atom. The monoisotopic (exact) mass is 411 g/mol. The van der Waals surface area contributed by atoms with Crippen molar-refractivity contribution in [3.63, 3.8) is 0 Å². The SMILES string of the molecule is CN1CCN(c2ccc(Nc3nc(N)c(N)c(C4(CN)CCCCC4)n3)nc2)CC1. The minimum atomic E-state index is -0.228. The van der Waals surface area contributed by atoms with Crippen LogP contribution in [0.4, 0.5) is 29.0 Å². The van der Waals surface area contributed by atoms with E-state index in [-0.39, 0.29) is 11.2 Å². The van der Waals surface area contributed by atoms with Crippen LogP contribution < -0.4 is 27.4 Å². The second kappa shape index (κ2) is 8.61. The van der Waals surface area contributed by atoms with E-state index in [1.807, 2.05) is 12.3 Å². The first-order valence-corrected chi connectivity index (χ1v) is 10.8. The molecule has 7 N–H and O–H groups in total. The Labute approximate surface area is 178 Å². The second-order valence-electron chi connectivity index (χ2n) is 8.56. The number of rotatable bonds is 5. The van der Waals surface area contributed by atoms with Gasteiger partial charge < -0.3 is 32.3 Å². The molecule has 3 heterocycles. The molecule has 2 aromatic rings. The van der Waals surface area contributed by atoms with Gasteiger partial charge in [-0.2, -0.15) is 4.98 Å². The van der Waals surface area contributed by atoms with Gasteiger partial charge in [0, 0.05) is 38.1 Å². The first-order valence-electron chi connectivity index (χ1n) is 10.8. The fraction of sp³-hybridized carbons (Fsp3) is 0.571. The standard InChI is InChI=1S/C21H33N9/c1-29-9-11-30(12-10-29)15-5-6-16(25-13-15)26-20-27-18(17(23)19(24)28-20)21(14-22)7-3-2-4-8-21/h5-6,13H,2-4,7-12,14,22-23H2,1H3,(H3,24,25,26,27,28). The van der Waals surface area contributed by atoms with Crippen molar-refractivity contribution in [2.75, 3.05) is 61.5 Å². The van der Waals surface area contributed by atoms with Crippen LogP contribution in [0.2, 0.25) is 0 Å². The lowest BCUT2D eigenvalue weighted by molar-refractivity contribution is 0.295. The summed E-state index contributed by atoms with van der Waals surface area (Å²) in [6, 6.07) is 4.02. The van der Waals surface area contributed by atoms with Gasteiger partial charge in [0.15, 0.2) is 5.82 Å². The Bertz CT molecular complexity index is 854. The van der Waals surface area contributed by atoms with Gasteiger partial charge in [-0.25, -0.2) is 9.97 Å². The van der Waals surface area contributed by atoms with E-state index < -0.39 is 0 Å². The number of aromatic nitrogens is 3. The molecule has 162 valence electrons. The lowest BCUT2D eigenvalue weighted by Gasteiger charge is -2.36. The van der Waals surface area contributed by atoms with Crippen molar-refractivity contribution in [2.24, 2.45) is 5.73 Å². The van der Waals surface area contributed by atoms with E-state index in [1.165, 1.54) is 6.42 Å². The summed E-state index contributed by atoms with van der Waals surface area (Å²) in [5.41, 5.74) is 20.7. The van der Waals surface area contributed by atoms with E-state index in [0.717, 1.165) is 63.2 Å². The van der Waals surface area contributed by atoms with Gasteiger partial charge in [-0.15, -0.1) is 0 Å². The largest absolute Gasteiger partial charge is 0.394 e. The number of nitrogens with one attached hydrogen (secondary N) is 1. The molecular weight excluding hydrogens is 378 g/mol. The Balaban J connectivity index is 1.54. The van der Waals surface area contributed by atoms with Gasteiger partial charge in [-0.05, 0) is 32.0 Å². The molecular formula is C21H33N9. The maximum atomic E-state index is 6.29. The second-order valence-corrected chi connectivity index (χ2v) is 8.56. The molecule has 0 amide bonds. The highest BCUT2D eigenvalue weighted by molar-refractivity contribution is 5.66. The lowest BCUT2D eigenvalue weighted by atomic mass is 9.71. The van der Waals surface area contributed by atoms with Crippen LogP contribution in [0, 0.1) is 0 Å². The van der Waals surface area contributed by atoms with Crippen LogP contribution >= 0.6 is 0 Å². The molecule has 2 aliphatic rings. The van der Waals surface area contributed by atoms with Crippen LogP contribution in [0.15, 0.2) is 18.3 Å². The first kappa shape index (κ1) is 20.6. The van der Waals surface area contributed by atoms with Crippen molar-refractivity contribution in [3.8, 4) is 0 Å². The highest BCUT2D eigenvalue weighted by Crippen LogP contribution is 2.41. The number of anilines is 5. The molecule has 9 nitrogen and oxygen atoms in total. The minimum absolute atomic E-state index is 0.228. The minimum Gasteiger partial charge on any atom is -0.394 e. The number of nitrogens with two attached hydrogens (primary N) is 3. The van der Waals surface area contributed by atoms with Crippen molar-refractivity contribution >= 4 is 29.0 Å². The zero-order valence-corrected chi connectivity index (χ0v) is 17.8. The van der Waals surface area contributed by atoms with Crippen molar-refractivity contribution in [1.29, 1.82) is 0 Å². The summed E-state index contributed by atoms with van der Waals surface area (Å²) in [4.78, 5) is 18.3. The number of piperazine rings is 1. The molecule has 1 saturated heterocycles. The van der Waals surface area contributed by atoms with Gasteiger partial charge in [-0.3, -0.25) is 0 Å². The van der Waals surface area contributed by atoms with Crippen LogP contribution in [0.25, 0.3) is 0 Å². The van der Waals surface area contributed by atoms with Gasteiger partial charge in [0.2, 0.25) is 5.95 Å². The Hall–Kier alpha value is -2.65. The zero-order valence-electron chi connectivity index (χ0n) is 17.8. The van der Waals surface area contributed by atoms with Crippen molar-refractivity contribution in [3.05, 3.63) is 24.0 Å². The summed E-state index contributed by atoms with van der Waals surface area (Å²) < 4.78 is 0. The van der Waals surface area contributed by atoms with Crippen LogP contribution in [-0.2, 0) is 5.41 Å². The summed E-state index contributed by atoms with van der Waals surface area (Å²) in [6.45, 7) is 4.64. The smallest absolute Gasteiger partial charge is 0.230 e. The Morgan fingerprint density at radius 2 is 1.77 bits per heavy atom. The Kier molecular flexibility index (Phi) is 5.92. The summed E-state index contributed by atoms with van der Waals surface area (Å²) in [5, 5.41) is 3.19. The summed E-state index contributed by atoms with van der Waals surface area (Å²) >= 11 is 0. The quantitative estimate of drug-likeness (QED) is 0.579. The summed E-state index contributed by atoms with van der Waals surface area (Å²) in [7, 11) is 2.15. The molecule has 2 aromatic heterocycles. The number of pyridine rings is 1. The van der Waals surface area contributed by atoms with Crippen molar-refractivity contribution in [2.45, 2.75) is 37.5 Å². The van der Waals surface area contributed by atoms with Crippen LogP contribution in [-0.4, -0.2) is 59.6 Å². The molecule has 0 radical (unpaired) electrons. The number of hydrogen-bond donors (Lipinski definition) is 4. The molecule has 2 fully saturated rings. The maximum Gasteiger partial charge on any atom is 0.230 e. The molecule has 1 aliphatic carbocycles. The molecule has 30 heavy (non-hydrogen) atoms. The van der Waals surface area contributed by atoms with E-state index in [2.05, 4.69) is 38.2 Å². The molecule has 9 heteroatoms. The highest BCUT2D eigenvalue weighted by atomic mass is 15.3. The van der Waals surface area contributed by atoms with Gasteiger partial charge >= 0.3 is 0 Å². The normalized spacial score (nSPS) is 19.6. The number of likely N-dealkylation sites (N-methyl/N-ethyl adjacent to an activating group) is 1. The average molecular weight is 412 g/mol. The van der Waals surface area contributed by atoms with Gasteiger partial charge in [0.25, 0.3) is 0 Å². The number of hydrogen-bond acceptors (Lipinski definition) is 9. The molecule has 0 spiro atoms. The third kappa shape index (κ3) is 4.13. The number of nitrogens with zero attached hydrogens (tertiary/aromatic N) is 5. The van der Waals surface area contributed by atoms with Crippen LogP contribution in [0.5, 0.6) is 0 Å². The average Bonchev–Trinajstić information content (AvgIpc) is 2.78. The predicted molar refractivity (Wildman–Crippen MR) is 122 cm³/mol. The van der Waals surface area contributed by atoms with Crippen LogP contribution in [0.3, 0.4) is 0 Å². The predicted octanol–water partition coefficient (Wildman–Crippen LogP) is 1.69. The van der Waals surface area contributed by atoms with E-state index >= 15 is 0 Å². The van der Waals surface area contributed by atoms with Crippen molar-refractivity contribution < 1.29 is 0 Å². The molecule has 0 bridgehead atoms. The van der Waals surface area contributed by atoms with Gasteiger partial charge in [0.1, 0.15) is 5.82 Å². The lowest BCUT2D eigenvalue weighted by Crippen LogP contribution is -2.44. The topological polar surface area (TPSA) is 135 Å². The highest BCUT2D eigenvalue weighted by Gasteiger charge is 2.36. The van der Waals surface area contributed by atoms with E-state index in [0.29, 0.717) is 24.0 Å². The third-order valence-corrected chi connectivity index (χ3v) is 6.54. The van der Waals surface area contributed by atoms with E-state index in [1.54, 1.807) is 0 Å². The molecule has 0 aromatic carbocycles. The summed E-state index contributed by atoms with van der Waals surface area (Å²) in [5.74, 6) is 1.37. The molecule has 1 saturated carbocycles. The maximum absolute atomic E-state index is 6.29. The first-order chi connectivity index (χ1) is 14.5. The van der Waals surface area contributed by atoms with Gasteiger partial charge in [0.05, 0.1) is 23.3 Å². The molecule has 0 unspecified atom stereocenters. The Morgan fingerprint density at radius 1 is 1.03 bits per heavy atom. The fourth-order valence-electron chi connectivity index (χ4n) is 4.54. The third-order valence-electron chi connectivity index (χ3n) is 6.54. The number of nitrogen functional groups attached to an aromatic ring is 2.